The van der Waals surface area contributed by atoms with E-state index in [1.165, 1.54) is 193 Å². The topological polar surface area (TPSA) is 78.9 Å². The minimum atomic E-state index is -0.788. The van der Waals surface area contributed by atoms with E-state index < -0.39 is 6.10 Å². The predicted octanol–water partition coefficient (Wildman–Crippen LogP) is 24.8. The molecule has 0 N–H and O–H groups in total. The van der Waals surface area contributed by atoms with Crippen molar-refractivity contribution in [3.05, 3.63) is 97.2 Å². The van der Waals surface area contributed by atoms with Crippen LogP contribution in [0, 0.1) is 0 Å². The van der Waals surface area contributed by atoms with Gasteiger partial charge in [-0.3, -0.25) is 14.4 Å². The quantitative estimate of drug-likeness (QED) is 0.0261. The minimum absolute atomic E-state index is 0.0823. The Balaban J connectivity index is 4.21. The van der Waals surface area contributed by atoms with E-state index in [1.807, 2.05) is 0 Å². The molecule has 0 aliphatic rings. The molecule has 0 aliphatic carbocycles. The second kappa shape index (κ2) is 70.8. The van der Waals surface area contributed by atoms with Crippen molar-refractivity contribution >= 4 is 17.9 Å². The van der Waals surface area contributed by atoms with Crippen LogP contribution in [-0.4, -0.2) is 37.2 Å². The fourth-order valence-corrected chi connectivity index (χ4v) is 10.2. The summed E-state index contributed by atoms with van der Waals surface area (Å²) in [6, 6.07) is 0. The Morgan fingerprint density at radius 3 is 0.759 bits per heavy atom. The van der Waals surface area contributed by atoms with Crippen molar-refractivity contribution < 1.29 is 28.6 Å². The molecule has 0 amide bonds. The number of rotatable bonds is 65. The molecule has 0 saturated carbocycles. The Morgan fingerprint density at radius 1 is 0.253 bits per heavy atom. The summed E-state index contributed by atoms with van der Waals surface area (Å²) < 4.78 is 17.0. The van der Waals surface area contributed by atoms with Crippen LogP contribution in [0.15, 0.2) is 97.2 Å². The van der Waals surface area contributed by atoms with Crippen molar-refractivity contribution in [3.63, 3.8) is 0 Å². The molecule has 6 heteroatoms. The molecule has 0 aliphatic heterocycles. The smallest absolute Gasteiger partial charge is 0.306 e. The average molecular weight is 1160 g/mol. The van der Waals surface area contributed by atoms with E-state index in [1.54, 1.807) is 0 Å². The normalized spacial score (nSPS) is 12.7. The van der Waals surface area contributed by atoms with E-state index in [-0.39, 0.29) is 31.1 Å². The fraction of sp³-hybridized carbons (Fsp3) is 0.753. The largest absolute Gasteiger partial charge is 0.462 e. The zero-order valence-corrected chi connectivity index (χ0v) is 54.9. The first-order chi connectivity index (χ1) is 41.0. The molecule has 0 aromatic carbocycles. The second-order valence-corrected chi connectivity index (χ2v) is 23.8. The summed E-state index contributed by atoms with van der Waals surface area (Å²) in [6.45, 7) is 6.53. The standard InChI is InChI=1S/C77H134O6/c1-4-7-10-13-16-19-22-25-28-31-32-33-34-35-36-37-38-39-40-41-42-43-44-45-46-47-50-52-55-58-61-64-67-70-76(79)82-73-74(83-77(80)71-68-65-62-59-56-53-49-30-27-24-21-18-15-12-9-6-3)72-81-75(78)69-66-63-60-57-54-51-48-29-26-23-20-17-14-11-8-5-2/h7,10,16,19,21,24-25,28-30,32-33,35-36,48-49,74H,4-6,8-9,11-15,17-18,20,22-23,26-27,31,34,37-47,50-73H2,1-3H3/b10-7-,19-16-,24-21-,28-25-,33-32-,36-35-,48-29-,49-30-. The molecule has 0 radical (unpaired) electrons. The number of unbranched alkanes of at least 4 members (excludes halogenated alkanes) is 38. The highest BCUT2D eigenvalue weighted by atomic mass is 16.6. The maximum Gasteiger partial charge on any atom is 0.306 e. The van der Waals surface area contributed by atoms with Gasteiger partial charge in [0.25, 0.3) is 0 Å². The first kappa shape index (κ1) is 79.3. The SMILES string of the molecule is CC/C=C\C/C=C\C/C=C\C/C=C\C/C=C\CCCCCCCCCCCCCCCCCCCC(=O)OCC(COC(=O)CCCCCCC/C=C\CCCCCCCCC)OC(=O)CCCCCCC/C=C\C/C=C\CCCCCC. The first-order valence-corrected chi connectivity index (χ1v) is 35.7. The van der Waals surface area contributed by atoms with Gasteiger partial charge >= 0.3 is 17.9 Å². The van der Waals surface area contributed by atoms with Crippen LogP contribution in [-0.2, 0) is 28.6 Å². The number of ether oxygens (including phenoxy) is 3. The number of esters is 3. The molecule has 0 saturated heterocycles. The molecule has 0 spiro atoms. The monoisotopic (exact) mass is 1160 g/mol. The summed E-state index contributed by atoms with van der Waals surface area (Å²) in [4.78, 5) is 38.4. The van der Waals surface area contributed by atoms with Gasteiger partial charge in [-0.05, 0) is 122 Å². The third-order valence-corrected chi connectivity index (χ3v) is 15.5. The van der Waals surface area contributed by atoms with Crippen LogP contribution >= 0.6 is 0 Å². The van der Waals surface area contributed by atoms with Crippen molar-refractivity contribution in [2.24, 2.45) is 0 Å². The highest BCUT2D eigenvalue weighted by Gasteiger charge is 2.19. The van der Waals surface area contributed by atoms with Gasteiger partial charge in [0.1, 0.15) is 13.2 Å². The highest BCUT2D eigenvalue weighted by Crippen LogP contribution is 2.17. The predicted molar refractivity (Wildman–Crippen MR) is 362 cm³/mol. The molecule has 0 bridgehead atoms. The Bertz CT molecular complexity index is 1610. The van der Waals surface area contributed by atoms with Crippen LogP contribution in [0.25, 0.3) is 0 Å². The van der Waals surface area contributed by atoms with Gasteiger partial charge in [0.2, 0.25) is 0 Å². The van der Waals surface area contributed by atoms with E-state index in [2.05, 4.69) is 118 Å². The van der Waals surface area contributed by atoms with Crippen LogP contribution in [0.5, 0.6) is 0 Å². The van der Waals surface area contributed by atoms with Crippen LogP contribution in [0.3, 0.4) is 0 Å². The van der Waals surface area contributed by atoms with Crippen LogP contribution in [0.4, 0.5) is 0 Å². The van der Waals surface area contributed by atoms with E-state index in [9.17, 15) is 14.4 Å². The molecule has 0 rings (SSSR count). The molecule has 0 aromatic heterocycles. The third kappa shape index (κ3) is 69.0. The number of carbonyl (C=O) groups is 3. The van der Waals surface area contributed by atoms with Gasteiger partial charge in [0, 0.05) is 19.3 Å². The lowest BCUT2D eigenvalue weighted by molar-refractivity contribution is -0.167. The summed E-state index contributed by atoms with van der Waals surface area (Å²) in [7, 11) is 0. The molecule has 1 atom stereocenters. The molecule has 478 valence electrons. The van der Waals surface area contributed by atoms with Gasteiger partial charge in [-0.1, -0.05) is 311 Å². The van der Waals surface area contributed by atoms with Gasteiger partial charge in [0.05, 0.1) is 0 Å². The lowest BCUT2D eigenvalue weighted by Crippen LogP contribution is -2.30. The molecule has 0 fully saturated rings. The van der Waals surface area contributed by atoms with E-state index in [0.29, 0.717) is 19.3 Å². The molecular formula is C77H134O6. The summed E-state index contributed by atoms with van der Waals surface area (Å²) in [6.07, 6.45) is 95.8. The number of allylic oxidation sites excluding steroid dienone is 16. The van der Waals surface area contributed by atoms with Crippen molar-refractivity contribution in [2.45, 2.75) is 361 Å². The summed E-state index contributed by atoms with van der Waals surface area (Å²) in [5.74, 6) is -0.887. The molecule has 0 aromatic rings. The van der Waals surface area contributed by atoms with Crippen molar-refractivity contribution in [3.8, 4) is 0 Å². The Kier molecular flexibility index (Phi) is 67.7. The lowest BCUT2D eigenvalue weighted by Gasteiger charge is -2.18. The Hall–Kier alpha value is -3.67. The van der Waals surface area contributed by atoms with E-state index in [0.717, 1.165) is 122 Å². The number of hydrogen-bond acceptors (Lipinski definition) is 6. The third-order valence-electron chi connectivity index (χ3n) is 15.5. The van der Waals surface area contributed by atoms with E-state index in [4.69, 9.17) is 14.2 Å². The van der Waals surface area contributed by atoms with Crippen LogP contribution in [0.2, 0.25) is 0 Å². The van der Waals surface area contributed by atoms with Crippen LogP contribution in [0.1, 0.15) is 355 Å². The van der Waals surface area contributed by atoms with Crippen LogP contribution < -0.4 is 0 Å². The van der Waals surface area contributed by atoms with Gasteiger partial charge in [-0.2, -0.15) is 0 Å². The molecule has 0 heterocycles. The fourth-order valence-electron chi connectivity index (χ4n) is 10.2. The number of carbonyl (C=O) groups excluding carboxylic acids is 3. The minimum Gasteiger partial charge on any atom is -0.462 e. The zero-order valence-electron chi connectivity index (χ0n) is 54.9. The van der Waals surface area contributed by atoms with Gasteiger partial charge in [-0.25, -0.2) is 0 Å². The van der Waals surface area contributed by atoms with Crippen molar-refractivity contribution in [1.82, 2.24) is 0 Å². The lowest BCUT2D eigenvalue weighted by atomic mass is 10.0. The van der Waals surface area contributed by atoms with Crippen molar-refractivity contribution in [2.75, 3.05) is 13.2 Å². The average Bonchev–Trinajstić information content (AvgIpc) is 3.49. The Labute approximate surface area is 515 Å². The maximum atomic E-state index is 12.9. The summed E-state index contributed by atoms with van der Waals surface area (Å²) in [5.41, 5.74) is 0. The van der Waals surface area contributed by atoms with Crippen molar-refractivity contribution in [1.29, 1.82) is 0 Å². The molecule has 6 nitrogen and oxygen atoms in total. The van der Waals surface area contributed by atoms with Gasteiger partial charge < -0.3 is 14.2 Å². The second-order valence-electron chi connectivity index (χ2n) is 23.8. The first-order valence-electron chi connectivity index (χ1n) is 35.7. The Morgan fingerprint density at radius 2 is 0.470 bits per heavy atom. The van der Waals surface area contributed by atoms with Gasteiger partial charge in [-0.15, -0.1) is 0 Å². The van der Waals surface area contributed by atoms with E-state index >= 15 is 0 Å². The molecular weight excluding hydrogens is 1020 g/mol. The maximum absolute atomic E-state index is 12.9. The van der Waals surface area contributed by atoms with Gasteiger partial charge in [0.15, 0.2) is 6.10 Å². The molecule has 83 heavy (non-hydrogen) atoms. The summed E-state index contributed by atoms with van der Waals surface area (Å²) >= 11 is 0. The number of hydrogen-bond donors (Lipinski definition) is 0. The summed E-state index contributed by atoms with van der Waals surface area (Å²) in [5, 5.41) is 0. The molecule has 1 unspecified atom stereocenters. The zero-order chi connectivity index (χ0) is 59.9. The highest BCUT2D eigenvalue weighted by molar-refractivity contribution is 5.71.